The molecule has 0 amide bonds. The molecule has 0 unspecified atom stereocenters. The summed E-state index contributed by atoms with van der Waals surface area (Å²) in [6, 6.07) is 10.6. The number of aryl methyl sites for hydroxylation is 1. The number of methoxy groups -OCH3 is 1. The minimum atomic E-state index is -0.315. The van der Waals surface area contributed by atoms with Gasteiger partial charge in [0.15, 0.2) is 5.65 Å². The third-order valence-electron chi connectivity index (χ3n) is 4.53. The van der Waals surface area contributed by atoms with E-state index < -0.39 is 0 Å². The average Bonchev–Trinajstić information content (AvgIpc) is 3.17. The second-order valence-electron chi connectivity index (χ2n) is 6.12. The highest BCUT2D eigenvalue weighted by Crippen LogP contribution is 2.28. The summed E-state index contributed by atoms with van der Waals surface area (Å²) < 4.78 is 21.3. The van der Waals surface area contributed by atoms with Gasteiger partial charge in [-0.05, 0) is 42.8 Å². The van der Waals surface area contributed by atoms with Crippen LogP contribution in [-0.4, -0.2) is 26.7 Å². The Labute approximate surface area is 155 Å². The summed E-state index contributed by atoms with van der Waals surface area (Å²) in [5.41, 5.74) is 4.21. The smallest absolute Gasteiger partial charge is 0.170 e. The van der Waals surface area contributed by atoms with Crippen LogP contribution in [0.1, 0.15) is 11.1 Å². The van der Waals surface area contributed by atoms with E-state index in [2.05, 4.69) is 20.5 Å². The van der Waals surface area contributed by atoms with E-state index in [-0.39, 0.29) is 12.4 Å². The van der Waals surface area contributed by atoms with E-state index in [0.29, 0.717) is 17.0 Å². The van der Waals surface area contributed by atoms with Crippen LogP contribution < -0.4 is 10.1 Å². The summed E-state index contributed by atoms with van der Waals surface area (Å²) in [6.07, 6.45) is 5.21. The summed E-state index contributed by atoms with van der Waals surface area (Å²) in [5, 5.41) is 11.5. The summed E-state index contributed by atoms with van der Waals surface area (Å²) in [6.45, 7) is 2.30. The first kappa shape index (κ1) is 17.0. The van der Waals surface area contributed by atoms with Crippen LogP contribution in [0.3, 0.4) is 0 Å². The zero-order chi connectivity index (χ0) is 18.8. The number of rotatable bonds is 5. The van der Waals surface area contributed by atoms with Gasteiger partial charge in [0.05, 0.1) is 7.11 Å². The quantitative estimate of drug-likeness (QED) is 0.583. The maximum atomic E-state index is 14.2. The van der Waals surface area contributed by atoms with Crippen molar-refractivity contribution in [1.29, 1.82) is 0 Å². The standard InChI is InChI=1S/C20H18FN5O/c1-13-8-9-22-10-15(13)14-6-7-19(26-12-24-25-20(14)26)23-11-16-17(21)4-3-5-18(16)27-2/h3-10,12,23H,11H2,1-2H3. The molecular weight excluding hydrogens is 345 g/mol. The van der Waals surface area contributed by atoms with E-state index in [1.165, 1.54) is 13.2 Å². The Morgan fingerprint density at radius 3 is 2.85 bits per heavy atom. The Bertz CT molecular complexity index is 1110. The lowest BCUT2D eigenvalue weighted by molar-refractivity contribution is 0.405. The predicted octanol–water partition coefficient (Wildman–Crippen LogP) is 3.86. The number of halogens is 1. The lowest BCUT2D eigenvalue weighted by Gasteiger charge is -2.14. The van der Waals surface area contributed by atoms with Crippen LogP contribution in [0.25, 0.3) is 16.8 Å². The minimum Gasteiger partial charge on any atom is -0.496 e. The molecule has 6 nitrogen and oxygen atoms in total. The highest BCUT2D eigenvalue weighted by molar-refractivity contribution is 5.80. The topological polar surface area (TPSA) is 64.3 Å². The lowest BCUT2D eigenvalue weighted by atomic mass is 10.0. The molecule has 0 aliphatic carbocycles. The van der Waals surface area contributed by atoms with Crippen molar-refractivity contribution < 1.29 is 9.13 Å². The molecule has 0 fully saturated rings. The van der Waals surface area contributed by atoms with Crippen LogP contribution in [0.2, 0.25) is 0 Å². The number of hydrogen-bond donors (Lipinski definition) is 1. The third-order valence-corrected chi connectivity index (χ3v) is 4.53. The molecule has 0 aliphatic heterocycles. The second-order valence-corrected chi connectivity index (χ2v) is 6.12. The maximum absolute atomic E-state index is 14.2. The van der Waals surface area contributed by atoms with E-state index >= 15 is 0 Å². The molecule has 0 bridgehead atoms. The first-order chi connectivity index (χ1) is 13.2. The van der Waals surface area contributed by atoms with Crippen LogP contribution in [0.15, 0.2) is 55.1 Å². The molecule has 0 atom stereocenters. The zero-order valence-electron chi connectivity index (χ0n) is 15.0. The fourth-order valence-electron chi connectivity index (χ4n) is 3.09. The molecule has 0 saturated carbocycles. The normalized spacial score (nSPS) is 10.9. The SMILES string of the molecule is COc1cccc(F)c1CNc1ccc(-c2cnccc2C)c2nncn12. The fraction of sp³-hybridized carbons (Fsp3) is 0.150. The number of ether oxygens (including phenoxy) is 1. The number of hydrogen-bond acceptors (Lipinski definition) is 5. The van der Waals surface area contributed by atoms with Crippen LogP contribution >= 0.6 is 0 Å². The van der Waals surface area contributed by atoms with Crippen molar-refractivity contribution in [3.8, 4) is 16.9 Å². The molecular formula is C20H18FN5O. The predicted molar refractivity (Wildman–Crippen MR) is 101 cm³/mol. The van der Waals surface area contributed by atoms with Crippen LogP contribution in [0.5, 0.6) is 5.75 Å². The third kappa shape index (κ3) is 3.08. The van der Waals surface area contributed by atoms with E-state index in [4.69, 9.17) is 4.74 Å². The minimum absolute atomic E-state index is 0.272. The molecule has 7 heteroatoms. The molecule has 3 heterocycles. The van der Waals surface area contributed by atoms with Gasteiger partial charge in [0.2, 0.25) is 0 Å². The Kier molecular flexibility index (Phi) is 4.42. The van der Waals surface area contributed by atoms with E-state index in [1.807, 2.05) is 35.7 Å². The fourth-order valence-corrected chi connectivity index (χ4v) is 3.09. The summed E-state index contributed by atoms with van der Waals surface area (Å²) in [4.78, 5) is 4.21. The van der Waals surface area contributed by atoms with Crippen LogP contribution in [0.4, 0.5) is 10.2 Å². The largest absolute Gasteiger partial charge is 0.496 e. The molecule has 136 valence electrons. The number of fused-ring (bicyclic) bond motifs is 1. The molecule has 0 radical (unpaired) electrons. The van der Waals surface area contributed by atoms with Crippen molar-refractivity contribution >= 4 is 11.5 Å². The Hall–Kier alpha value is -3.48. The van der Waals surface area contributed by atoms with Gasteiger partial charge in [-0.15, -0.1) is 10.2 Å². The second kappa shape index (κ2) is 7.03. The number of nitrogens with zero attached hydrogens (tertiary/aromatic N) is 4. The maximum Gasteiger partial charge on any atom is 0.170 e. The summed E-state index contributed by atoms with van der Waals surface area (Å²) >= 11 is 0. The Balaban J connectivity index is 1.70. The number of pyridine rings is 2. The monoisotopic (exact) mass is 363 g/mol. The molecule has 3 aromatic heterocycles. The van der Waals surface area contributed by atoms with Gasteiger partial charge >= 0.3 is 0 Å². The Morgan fingerprint density at radius 1 is 1.15 bits per heavy atom. The number of nitrogens with one attached hydrogen (secondary N) is 1. The van der Waals surface area contributed by atoms with Crippen molar-refractivity contribution in [1.82, 2.24) is 19.6 Å². The highest BCUT2D eigenvalue weighted by Gasteiger charge is 2.13. The first-order valence-corrected chi connectivity index (χ1v) is 8.48. The molecule has 1 aromatic carbocycles. The van der Waals surface area contributed by atoms with E-state index in [0.717, 1.165) is 22.5 Å². The van der Waals surface area contributed by atoms with Crippen molar-refractivity contribution in [2.45, 2.75) is 13.5 Å². The molecule has 1 N–H and O–H groups in total. The van der Waals surface area contributed by atoms with Gasteiger partial charge in [-0.1, -0.05) is 6.07 Å². The van der Waals surface area contributed by atoms with Gasteiger partial charge in [0.25, 0.3) is 0 Å². The molecule has 0 saturated heterocycles. The molecule has 0 spiro atoms. The van der Waals surface area contributed by atoms with Crippen LogP contribution in [0, 0.1) is 12.7 Å². The number of aromatic nitrogens is 4. The van der Waals surface area contributed by atoms with E-state index in [9.17, 15) is 4.39 Å². The lowest BCUT2D eigenvalue weighted by Crippen LogP contribution is -2.07. The summed E-state index contributed by atoms with van der Waals surface area (Å²) in [7, 11) is 1.53. The molecule has 27 heavy (non-hydrogen) atoms. The Morgan fingerprint density at radius 2 is 2.04 bits per heavy atom. The van der Waals surface area contributed by atoms with Gasteiger partial charge in [0, 0.05) is 35.6 Å². The number of anilines is 1. The highest BCUT2D eigenvalue weighted by atomic mass is 19.1. The summed E-state index contributed by atoms with van der Waals surface area (Å²) in [5.74, 6) is 0.945. The number of benzene rings is 1. The zero-order valence-corrected chi connectivity index (χ0v) is 15.0. The van der Waals surface area contributed by atoms with Gasteiger partial charge in [0.1, 0.15) is 23.7 Å². The van der Waals surface area contributed by atoms with Crippen molar-refractivity contribution in [3.05, 3.63) is 72.1 Å². The van der Waals surface area contributed by atoms with Gasteiger partial charge in [-0.2, -0.15) is 0 Å². The van der Waals surface area contributed by atoms with Crippen molar-refractivity contribution in [3.63, 3.8) is 0 Å². The average molecular weight is 363 g/mol. The van der Waals surface area contributed by atoms with Gasteiger partial charge in [-0.3, -0.25) is 9.38 Å². The van der Waals surface area contributed by atoms with Gasteiger partial charge in [-0.25, -0.2) is 4.39 Å². The van der Waals surface area contributed by atoms with E-state index in [1.54, 1.807) is 24.7 Å². The van der Waals surface area contributed by atoms with Crippen molar-refractivity contribution in [2.24, 2.45) is 0 Å². The van der Waals surface area contributed by atoms with Crippen LogP contribution in [-0.2, 0) is 6.54 Å². The van der Waals surface area contributed by atoms with Gasteiger partial charge < -0.3 is 10.1 Å². The molecule has 4 rings (SSSR count). The molecule has 4 aromatic rings. The molecule has 0 aliphatic rings. The van der Waals surface area contributed by atoms with Crippen molar-refractivity contribution in [2.75, 3.05) is 12.4 Å². The first-order valence-electron chi connectivity index (χ1n) is 8.48.